The highest BCUT2D eigenvalue weighted by Gasteiger charge is 2.09. The van der Waals surface area contributed by atoms with E-state index in [1.54, 1.807) is 0 Å². The van der Waals surface area contributed by atoms with E-state index in [4.69, 9.17) is 4.74 Å². The van der Waals surface area contributed by atoms with E-state index in [2.05, 4.69) is 31.0 Å². The van der Waals surface area contributed by atoms with Crippen molar-refractivity contribution in [3.05, 3.63) is 71.3 Å². The molecule has 0 radical (unpaired) electrons. The summed E-state index contributed by atoms with van der Waals surface area (Å²) in [7, 11) is 0. The second kappa shape index (κ2) is 7.49. The summed E-state index contributed by atoms with van der Waals surface area (Å²) in [6, 6.07) is 17.9. The van der Waals surface area contributed by atoms with Crippen LogP contribution in [0.25, 0.3) is 10.9 Å². The van der Waals surface area contributed by atoms with E-state index in [0.717, 1.165) is 27.1 Å². The van der Waals surface area contributed by atoms with Gasteiger partial charge in [0.05, 0.1) is 16.3 Å². The molecule has 0 saturated carbocycles. The fourth-order valence-corrected chi connectivity index (χ4v) is 3.28. The molecule has 0 atom stereocenters. The first kappa shape index (κ1) is 16.5. The molecule has 4 heteroatoms. The summed E-state index contributed by atoms with van der Waals surface area (Å²) < 4.78 is 5.30. The summed E-state index contributed by atoms with van der Waals surface area (Å²) in [5.41, 5.74) is 4.30. The van der Waals surface area contributed by atoms with Crippen molar-refractivity contribution in [3.8, 4) is 0 Å². The van der Waals surface area contributed by atoms with Gasteiger partial charge >= 0.3 is 5.97 Å². The number of thioether (sulfide) groups is 1. The van der Waals surface area contributed by atoms with Gasteiger partial charge < -0.3 is 4.74 Å². The standard InChI is InChI=1S/C20H19NO2S/c1-14-7-6-10-17-15(2)11-18(21-20(14)17)24-13-19(22)23-12-16-8-4-3-5-9-16/h3-11H,12-13H2,1-2H3. The molecule has 0 aliphatic heterocycles. The third-order valence-electron chi connectivity index (χ3n) is 3.81. The van der Waals surface area contributed by atoms with Crippen LogP contribution < -0.4 is 0 Å². The van der Waals surface area contributed by atoms with Gasteiger partial charge in [0.15, 0.2) is 0 Å². The summed E-state index contributed by atoms with van der Waals surface area (Å²) in [5, 5.41) is 2.01. The fraction of sp³-hybridized carbons (Fsp3) is 0.200. The van der Waals surface area contributed by atoms with Gasteiger partial charge in [0, 0.05) is 5.39 Å². The number of hydrogen-bond acceptors (Lipinski definition) is 4. The highest BCUT2D eigenvalue weighted by Crippen LogP contribution is 2.25. The van der Waals surface area contributed by atoms with Crippen molar-refractivity contribution in [1.82, 2.24) is 4.98 Å². The van der Waals surface area contributed by atoms with Crippen LogP contribution in [0.4, 0.5) is 0 Å². The molecular formula is C20H19NO2S. The molecule has 1 heterocycles. The fourth-order valence-electron chi connectivity index (χ4n) is 2.52. The molecule has 0 amide bonds. The Morgan fingerprint density at radius 2 is 1.83 bits per heavy atom. The largest absolute Gasteiger partial charge is 0.460 e. The third-order valence-corrected chi connectivity index (χ3v) is 4.69. The Labute approximate surface area is 146 Å². The highest BCUT2D eigenvalue weighted by molar-refractivity contribution is 7.99. The molecule has 0 aliphatic rings. The van der Waals surface area contributed by atoms with Crippen molar-refractivity contribution in [3.63, 3.8) is 0 Å². The van der Waals surface area contributed by atoms with E-state index >= 15 is 0 Å². The molecule has 0 unspecified atom stereocenters. The number of fused-ring (bicyclic) bond motifs is 1. The van der Waals surface area contributed by atoms with Crippen LogP contribution in [0.1, 0.15) is 16.7 Å². The topological polar surface area (TPSA) is 39.2 Å². The molecule has 2 aromatic carbocycles. The van der Waals surface area contributed by atoms with Crippen molar-refractivity contribution in [2.24, 2.45) is 0 Å². The smallest absolute Gasteiger partial charge is 0.316 e. The number of ether oxygens (including phenoxy) is 1. The van der Waals surface area contributed by atoms with Gasteiger partial charge in [0.25, 0.3) is 0 Å². The number of benzene rings is 2. The first-order valence-corrected chi connectivity index (χ1v) is 8.81. The summed E-state index contributed by atoms with van der Waals surface area (Å²) in [6.07, 6.45) is 0. The number of aromatic nitrogens is 1. The van der Waals surface area contributed by atoms with Crippen LogP contribution in [-0.4, -0.2) is 16.7 Å². The van der Waals surface area contributed by atoms with Gasteiger partial charge in [-0.3, -0.25) is 4.79 Å². The third kappa shape index (κ3) is 3.95. The van der Waals surface area contributed by atoms with Gasteiger partial charge in [-0.2, -0.15) is 0 Å². The number of hydrogen-bond donors (Lipinski definition) is 0. The Morgan fingerprint density at radius 1 is 1.04 bits per heavy atom. The lowest BCUT2D eigenvalue weighted by Gasteiger charge is -2.08. The lowest BCUT2D eigenvalue weighted by Crippen LogP contribution is -2.07. The molecule has 122 valence electrons. The first-order chi connectivity index (χ1) is 11.6. The molecule has 0 fully saturated rings. The monoisotopic (exact) mass is 337 g/mol. The number of esters is 1. The van der Waals surface area contributed by atoms with Crippen LogP contribution in [0, 0.1) is 13.8 Å². The minimum Gasteiger partial charge on any atom is -0.460 e. The Kier molecular flexibility index (Phi) is 5.16. The van der Waals surface area contributed by atoms with E-state index in [0.29, 0.717) is 6.61 Å². The first-order valence-electron chi connectivity index (χ1n) is 7.83. The molecular weight excluding hydrogens is 318 g/mol. The minimum atomic E-state index is -0.229. The summed E-state index contributed by atoms with van der Waals surface area (Å²) in [4.78, 5) is 16.6. The maximum absolute atomic E-state index is 11.9. The van der Waals surface area contributed by atoms with Gasteiger partial charge in [0.2, 0.25) is 0 Å². The second-order valence-electron chi connectivity index (χ2n) is 5.68. The van der Waals surface area contributed by atoms with E-state index in [1.807, 2.05) is 42.5 Å². The second-order valence-corrected chi connectivity index (χ2v) is 6.68. The van der Waals surface area contributed by atoms with E-state index in [1.165, 1.54) is 17.3 Å². The van der Waals surface area contributed by atoms with Crippen molar-refractivity contribution < 1.29 is 9.53 Å². The minimum absolute atomic E-state index is 0.229. The predicted octanol–water partition coefficient (Wildman–Crippen LogP) is 4.69. The van der Waals surface area contributed by atoms with Crippen LogP contribution >= 0.6 is 11.8 Å². The zero-order chi connectivity index (χ0) is 16.9. The SMILES string of the molecule is Cc1cc(SCC(=O)OCc2ccccc2)nc2c(C)cccc12. The number of para-hydroxylation sites is 1. The molecule has 0 spiro atoms. The van der Waals surface area contributed by atoms with Crippen LogP contribution in [0.15, 0.2) is 59.6 Å². The van der Waals surface area contributed by atoms with Crippen molar-refractivity contribution >= 4 is 28.6 Å². The molecule has 24 heavy (non-hydrogen) atoms. The number of aryl methyl sites for hydroxylation is 2. The number of nitrogens with zero attached hydrogens (tertiary/aromatic N) is 1. The van der Waals surface area contributed by atoms with Crippen molar-refractivity contribution in [2.45, 2.75) is 25.5 Å². The summed E-state index contributed by atoms with van der Waals surface area (Å²) >= 11 is 1.42. The highest BCUT2D eigenvalue weighted by atomic mass is 32.2. The van der Waals surface area contributed by atoms with Gasteiger partial charge in [-0.25, -0.2) is 4.98 Å². The van der Waals surface area contributed by atoms with Crippen LogP contribution in [0.5, 0.6) is 0 Å². The molecule has 0 saturated heterocycles. The molecule has 1 aromatic heterocycles. The number of rotatable bonds is 5. The molecule has 3 nitrogen and oxygen atoms in total. The maximum atomic E-state index is 11.9. The Morgan fingerprint density at radius 3 is 2.62 bits per heavy atom. The molecule has 3 rings (SSSR count). The Balaban J connectivity index is 1.63. The Bertz CT molecular complexity index is 862. The normalized spacial score (nSPS) is 10.8. The van der Waals surface area contributed by atoms with Crippen LogP contribution in [0.3, 0.4) is 0 Å². The van der Waals surface area contributed by atoms with Crippen molar-refractivity contribution in [2.75, 3.05) is 5.75 Å². The quantitative estimate of drug-likeness (QED) is 0.500. The summed E-state index contributed by atoms with van der Waals surface area (Å²) in [5.74, 6) is 0.0320. The van der Waals surface area contributed by atoms with Gasteiger partial charge in [-0.05, 0) is 36.6 Å². The van der Waals surface area contributed by atoms with Crippen LogP contribution in [0.2, 0.25) is 0 Å². The Hall–Kier alpha value is -2.33. The molecule has 0 aliphatic carbocycles. The predicted molar refractivity (Wildman–Crippen MR) is 98.2 cm³/mol. The van der Waals surface area contributed by atoms with E-state index in [9.17, 15) is 4.79 Å². The average molecular weight is 337 g/mol. The van der Waals surface area contributed by atoms with Gasteiger partial charge in [-0.15, -0.1) is 0 Å². The number of pyridine rings is 1. The summed E-state index contributed by atoms with van der Waals surface area (Å²) in [6.45, 7) is 4.43. The number of carbonyl (C=O) groups excluding carboxylic acids is 1. The molecule has 0 bridgehead atoms. The zero-order valence-corrected chi connectivity index (χ0v) is 14.6. The van der Waals surface area contributed by atoms with Gasteiger partial charge in [-0.1, -0.05) is 60.3 Å². The van der Waals surface area contributed by atoms with Crippen molar-refractivity contribution in [1.29, 1.82) is 0 Å². The maximum Gasteiger partial charge on any atom is 0.316 e. The van der Waals surface area contributed by atoms with Gasteiger partial charge in [0.1, 0.15) is 6.61 Å². The van der Waals surface area contributed by atoms with E-state index in [-0.39, 0.29) is 11.7 Å². The molecule has 3 aromatic rings. The molecule has 0 N–H and O–H groups in total. The van der Waals surface area contributed by atoms with Crippen LogP contribution in [-0.2, 0) is 16.1 Å². The average Bonchev–Trinajstić information content (AvgIpc) is 2.60. The lowest BCUT2D eigenvalue weighted by atomic mass is 10.1. The zero-order valence-electron chi connectivity index (χ0n) is 13.8. The number of carbonyl (C=O) groups is 1. The lowest BCUT2D eigenvalue weighted by molar-refractivity contribution is -0.141. The van der Waals surface area contributed by atoms with E-state index < -0.39 is 0 Å².